The lowest BCUT2D eigenvalue weighted by molar-refractivity contribution is -0.156. The predicted octanol–water partition coefficient (Wildman–Crippen LogP) is 5.81. The van der Waals surface area contributed by atoms with Crippen LogP contribution in [0, 0.1) is 16.7 Å². The molecule has 1 aromatic rings. The molecule has 1 aliphatic carbocycles. The molecule has 0 aromatic heterocycles. The first-order valence-electron chi connectivity index (χ1n) is 16.0. The number of carbonyl (C=O) groups is 4. The Morgan fingerprint density at radius 3 is 1.96 bits per heavy atom. The first kappa shape index (κ1) is 37.8. The monoisotopic (exact) mass is 670 g/mol. The lowest BCUT2D eigenvalue weighted by Gasteiger charge is -2.45. The van der Waals surface area contributed by atoms with Crippen LogP contribution in [0.25, 0.3) is 0 Å². The van der Waals surface area contributed by atoms with Gasteiger partial charge >= 0.3 is 6.18 Å². The van der Waals surface area contributed by atoms with Gasteiger partial charge in [0.1, 0.15) is 5.41 Å². The van der Waals surface area contributed by atoms with E-state index in [0.29, 0.717) is 31.1 Å². The lowest BCUT2D eigenvalue weighted by Crippen LogP contribution is -2.57. The average Bonchev–Trinajstić information content (AvgIpc) is 3.62. The number of hydrogen-bond acceptors (Lipinski definition) is 5. The normalized spacial score (nSPS) is 24.2. The molecule has 46 heavy (non-hydrogen) atoms. The number of benzene rings is 1. The second kappa shape index (κ2) is 14.2. The number of nitrogens with zero attached hydrogens (tertiary/aromatic N) is 3. The highest BCUT2D eigenvalue weighted by atomic mass is 35.5. The van der Waals surface area contributed by atoms with Crippen molar-refractivity contribution in [3.63, 3.8) is 0 Å². The van der Waals surface area contributed by atoms with Crippen LogP contribution in [0.5, 0.6) is 0 Å². The summed E-state index contributed by atoms with van der Waals surface area (Å²) in [6.45, 7) is 17.0. The maximum absolute atomic E-state index is 14.2. The summed E-state index contributed by atoms with van der Waals surface area (Å²) in [6.07, 6.45) is -1.12. The molecule has 2 saturated heterocycles. The van der Waals surface area contributed by atoms with Crippen LogP contribution in [0.1, 0.15) is 92.1 Å². The SMILES string of the molecule is CC1(C)CCC(N(C(=O)C(C)(C)C(N)=O)[C@H]2CCN(C(=O)C3CN(C(C)(C)C)C[C@H]3c3ccc(Cl)cc3)C2)CC1.O=CC(F)(F)F. The molecule has 4 rings (SSSR count). The molecule has 2 heterocycles. The smallest absolute Gasteiger partial charge is 0.369 e. The fourth-order valence-corrected chi connectivity index (χ4v) is 6.90. The Labute approximate surface area is 276 Å². The number of primary amides is 1. The fraction of sp³-hybridized carbons (Fsp3) is 0.706. The molecule has 3 amide bonds. The average molecular weight is 671 g/mol. The Balaban J connectivity index is 0.000000875. The van der Waals surface area contributed by atoms with Crippen molar-refractivity contribution < 1.29 is 32.3 Å². The van der Waals surface area contributed by atoms with E-state index in [9.17, 15) is 27.6 Å². The molecule has 1 unspecified atom stereocenters. The van der Waals surface area contributed by atoms with Crippen molar-refractivity contribution >= 4 is 35.6 Å². The second-order valence-electron chi connectivity index (χ2n) is 15.3. The van der Waals surface area contributed by atoms with Gasteiger partial charge in [0.15, 0.2) is 0 Å². The number of likely N-dealkylation sites (tertiary alicyclic amines) is 2. The van der Waals surface area contributed by atoms with E-state index in [2.05, 4.69) is 39.5 Å². The number of hydrogen-bond donors (Lipinski definition) is 1. The molecule has 12 heteroatoms. The van der Waals surface area contributed by atoms with Crippen LogP contribution in [-0.4, -0.2) is 88.7 Å². The van der Waals surface area contributed by atoms with Crippen molar-refractivity contribution in [1.29, 1.82) is 0 Å². The zero-order chi connectivity index (χ0) is 34.8. The molecule has 258 valence electrons. The van der Waals surface area contributed by atoms with E-state index < -0.39 is 23.8 Å². The van der Waals surface area contributed by atoms with E-state index in [1.165, 1.54) is 0 Å². The summed E-state index contributed by atoms with van der Waals surface area (Å²) in [5.41, 5.74) is 5.75. The molecule has 8 nitrogen and oxygen atoms in total. The minimum atomic E-state index is -4.64. The van der Waals surface area contributed by atoms with Crippen LogP contribution >= 0.6 is 11.6 Å². The van der Waals surface area contributed by atoms with E-state index in [0.717, 1.165) is 37.8 Å². The van der Waals surface area contributed by atoms with E-state index in [1.807, 2.05) is 34.1 Å². The molecule has 2 aliphatic heterocycles. The lowest BCUT2D eigenvalue weighted by atomic mass is 9.74. The van der Waals surface area contributed by atoms with E-state index in [1.54, 1.807) is 13.8 Å². The van der Waals surface area contributed by atoms with Crippen LogP contribution in [0.2, 0.25) is 5.02 Å². The molecule has 1 aromatic carbocycles. The van der Waals surface area contributed by atoms with Gasteiger partial charge in [-0.25, -0.2) is 0 Å². The number of carbonyl (C=O) groups excluding carboxylic acids is 4. The van der Waals surface area contributed by atoms with Gasteiger partial charge in [-0.1, -0.05) is 37.6 Å². The molecule has 0 bridgehead atoms. The molecule has 0 spiro atoms. The third-order valence-electron chi connectivity index (χ3n) is 9.97. The van der Waals surface area contributed by atoms with Crippen LogP contribution in [-0.2, 0) is 19.2 Å². The molecule has 3 atom stereocenters. The summed E-state index contributed by atoms with van der Waals surface area (Å²) in [4.78, 5) is 55.4. The van der Waals surface area contributed by atoms with Gasteiger partial charge in [-0.2, -0.15) is 13.2 Å². The Kier molecular flexibility index (Phi) is 11.7. The van der Waals surface area contributed by atoms with E-state index in [-0.39, 0.29) is 46.7 Å². The summed E-state index contributed by atoms with van der Waals surface area (Å²) in [5.74, 6) is -0.747. The topological polar surface area (TPSA) is 104 Å². The van der Waals surface area contributed by atoms with Gasteiger partial charge in [0, 0.05) is 48.7 Å². The van der Waals surface area contributed by atoms with Crippen molar-refractivity contribution in [2.24, 2.45) is 22.5 Å². The highest BCUT2D eigenvalue weighted by molar-refractivity contribution is 6.30. The number of aldehydes is 1. The molecule has 3 aliphatic rings. The summed E-state index contributed by atoms with van der Waals surface area (Å²) >= 11 is 6.18. The van der Waals surface area contributed by atoms with Gasteiger partial charge < -0.3 is 15.5 Å². The maximum atomic E-state index is 14.2. The van der Waals surface area contributed by atoms with E-state index >= 15 is 0 Å². The molecule has 2 N–H and O–H groups in total. The van der Waals surface area contributed by atoms with Crippen LogP contribution < -0.4 is 5.73 Å². The third kappa shape index (κ3) is 9.24. The standard InChI is InChI=1S/C32H49ClN4O3.C2HF3O/c1-30(2,3)36-19-25(21-8-10-22(33)11-9-21)26(20-36)27(38)35-17-14-24(18-35)37(29(40)32(6,7)28(34)39)23-12-15-31(4,5)16-13-23;3-2(4,5)1-6/h8-11,23-26H,12-20H2,1-7H3,(H2,34,39);1H/t24-,25-,26?;/m0./s1. The van der Waals surface area contributed by atoms with Crippen molar-refractivity contribution in [1.82, 2.24) is 14.7 Å². The summed E-state index contributed by atoms with van der Waals surface area (Å²) < 4.78 is 31.2. The Hall–Kier alpha value is -2.66. The Bertz CT molecular complexity index is 1250. The Morgan fingerprint density at radius 1 is 0.935 bits per heavy atom. The number of rotatable bonds is 6. The van der Waals surface area contributed by atoms with Crippen molar-refractivity contribution in [2.75, 3.05) is 26.2 Å². The fourth-order valence-electron chi connectivity index (χ4n) is 6.77. The van der Waals surface area contributed by atoms with Gasteiger partial charge in [-0.05, 0) is 89.8 Å². The van der Waals surface area contributed by atoms with Gasteiger partial charge in [0.2, 0.25) is 24.0 Å². The predicted molar refractivity (Wildman–Crippen MR) is 172 cm³/mol. The Morgan fingerprint density at radius 2 is 1.48 bits per heavy atom. The minimum Gasteiger partial charge on any atom is -0.369 e. The first-order chi connectivity index (χ1) is 21.1. The highest BCUT2D eigenvalue weighted by Gasteiger charge is 2.48. The first-order valence-corrected chi connectivity index (χ1v) is 16.4. The summed E-state index contributed by atoms with van der Waals surface area (Å²) in [7, 11) is 0. The van der Waals surface area contributed by atoms with Crippen molar-refractivity contribution in [2.45, 2.75) is 110 Å². The molecule has 0 radical (unpaired) electrons. The van der Waals surface area contributed by atoms with Gasteiger partial charge in [0.25, 0.3) is 0 Å². The van der Waals surface area contributed by atoms with Gasteiger partial charge in [-0.3, -0.25) is 24.1 Å². The van der Waals surface area contributed by atoms with Gasteiger partial charge in [-0.15, -0.1) is 0 Å². The second-order valence-corrected chi connectivity index (χ2v) is 15.8. The number of halogens is 4. The zero-order valence-corrected chi connectivity index (χ0v) is 28.9. The molecular weight excluding hydrogens is 621 g/mol. The highest BCUT2D eigenvalue weighted by Crippen LogP contribution is 2.41. The van der Waals surface area contributed by atoms with Crippen LogP contribution in [0.15, 0.2) is 24.3 Å². The number of amides is 3. The van der Waals surface area contributed by atoms with Gasteiger partial charge in [0.05, 0.1) is 12.0 Å². The maximum Gasteiger partial charge on any atom is 0.446 e. The van der Waals surface area contributed by atoms with E-state index in [4.69, 9.17) is 22.1 Å². The molecule has 1 saturated carbocycles. The summed E-state index contributed by atoms with van der Waals surface area (Å²) in [5, 5.41) is 0.689. The summed E-state index contributed by atoms with van der Waals surface area (Å²) in [6, 6.07) is 7.84. The quantitative estimate of drug-likeness (QED) is 0.304. The van der Waals surface area contributed by atoms with Crippen molar-refractivity contribution in [3.05, 3.63) is 34.9 Å². The third-order valence-corrected chi connectivity index (χ3v) is 10.2. The number of nitrogens with two attached hydrogens (primary N) is 1. The molecular formula is C34H50ClF3N4O4. The number of alkyl halides is 3. The van der Waals surface area contributed by atoms with Crippen LogP contribution in [0.4, 0.5) is 13.2 Å². The zero-order valence-electron chi connectivity index (χ0n) is 28.1. The van der Waals surface area contributed by atoms with Crippen molar-refractivity contribution in [3.8, 4) is 0 Å². The molecule has 3 fully saturated rings. The largest absolute Gasteiger partial charge is 0.446 e. The van der Waals surface area contributed by atoms with Crippen LogP contribution in [0.3, 0.4) is 0 Å². The minimum absolute atomic E-state index is 0.0500.